The predicted octanol–water partition coefficient (Wildman–Crippen LogP) is 15.0. The van der Waals surface area contributed by atoms with Crippen LogP contribution in [0, 0.1) is 40.5 Å². The molecule has 6 aromatic rings. The molecule has 0 atom stereocenters. The molecule has 3 aliphatic carbocycles. The monoisotopic (exact) mass is 814 g/mol. The number of aryl methyl sites for hydroxylation is 4. The molecule has 0 bridgehead atoms. The minimum Gasteiger partial charge on any atom is -0.328 e. The third-order valence-electron chi connectivity index (χ3n) is 10.5. The van der Waals surface area contributed by atoms with Crippen molar-refractivity contribution in [2.24, 2.45) is 0 Å². The van der Waals surface area contributed by atoms with Crippen LogP contribution >= 0.6 is 15.9 Å². The first-order valence-corrected chi connectivity index (χ1v) is 20.4. The average Bonchev–Trinajstić information content (AvgIpc) is 3.98. The number of rotatable bonds is 3. The standard InChI is InChI=1S/C22H23N.C17H14BrN.2C5H9.Zn/c1-15-11-16(2)13-20(12-15)22-21-8-7-18(17-5-3-4-6-17)14-19(21)9-10-23-22;1-11-7-12(2)9-14(8-11)17-16-4-3-15(18)10-13(16)5-6-19-17;2*1-2-4-5-3-1;/h7-14,17H,3-6H2,1-2H3;3-10H,1-2H3;2*1H,2-5H2;/q;;2*-1;+2. The van der Waals surface area contributed by atoms with Gasteiger partial charge in [-0.15, -0.1) is 0 Å². The molecule has 2 aromatic heterocycles. The molecule has 0 N–H and O–H groups in total. The summed E-state index contributed by atoms with van der Waals surface area (Å²) in [5, 5.41) is 4.98. The summed E-state index contributed by atoms with van der Waals surface area (Å²) < 4.78 is 1.09. The van der Waals surface area contributed by atoms with E-state index in [0.717, 1.165) is 21.8 Å². The molecule has 0 spiro atoms. The van der Waals surface area contributed by atoms with Gasteiger partial charge in [-0.05, 0) is 111 Å². The van der Waals surface area contributed by atoms with Gasteiger partial charge in [0.2, 0.25) is 0 Å². The molecule has 4 aromatic carbocycles. The second-order valence-electron chi connectivity index (χ2n) is 15.0. The zero-order valence-corrected chi connectivity index (χ0v) is 37.0. The first-order valence-electron chi connectivity index (χ1n) is 19.6. The Hall–Kier alpha value is -3.20. The van der Waals surface area contributed by atoms with E-state index in [4.69, 9.17) is 0 Å². The van der Waals surface area contributed by atoms with Crippen LogP contribution in [0.1, 0.15) is 111 Å². The molecule has 0 saturated heterocycles. The van der Waals surface area contributed by atoms with Crippen molar-refractivity contribution < 1.29 is 19.5 Å². The maximum atomic E-state index is 4.69. The van der Waals surface area contributed by atoms with E-state index in [2.05, 4.69) is 145 Å². The van der Waals surface area contributed by atoms with E-state index in [9.17, 15) is 0 Å². The fraction of sp³-hybridized carbons (Fsp3) is 0.347. The Bertz CT molecular complexity index is 2010. The van der Waals surface area contributed by atoms with Crippen LogP contribution in [0.15, 0.2) is 102 Å². The van der Waals surface area contributed by atoms with Crippen LogP contribution in [0.25, 0.3) is 44.1 Å². The summed E-state index contributed by atoms with van der Waals surface area (Å²) in [5.41, 5.74) is 11.2. The predicted molar refractivity (Wildman–Crippen MR) is 228 cm³/mol. The SMILES string of the molecule is Cc1cc(C)cc(-c2nccc3cc(Br)ccc23)c1.Cc1cc(C)cc(-c2nccc3cc(C4CCCC4)ccc23)c1.[CH-]1CCCC1.[CH-]1CCCC1.[Zn+2]. The number of nitrogens with zero attached hydrogens (tertiary/aromatic N) is 2. The molecule has 270 valence electrons. The molecule has 0 amide bonds. The fourth-order valence-electron chi connectivity index (χ4n) is 7.98. The molecule has 4 heteroatoms. The van der Waals surface area contributed by atoms with Crippen molar-refractivity contribution in [3.63, 3.8) is 0 Å². The van der Waals surface area contributed by atoms with Gasteiger partial charge >= 0.3 is 19.5 Å². The minimum absolute atomic E-state index is 0. The van der Waals surface area contributed by atoms with Crippen molar-refractivity contribution in [2.75, 3.05) is 0 Å². The van der Waals surface area contributed by atoms with Crippen LogP contribution in [0.3, 0.4) is 0 Å². The number of fused-ring (bicyclic) bond motifs is 2. The van der Waals surface area contributed by atoms with E-state index in [1.807, 2.05) is 18.5 Å². The summed E-state index contributed by atoms with van der Waals surface area (Å²) in [6.45, 7) is 8.55. The van der Waals surface area contributed by atoms with E-state index < -0.39 is 0 Å². The van der Waals surface area contributed by atoms with Gasteiger partial charge in [-0.2, -0.15) is 25.7 Å². The first-order chi connectivity index (χ1) is 25.3. The summed E-state index contributed by atoms with van der Waals surface area (Å²) in [6.07, 6.45) is 25.3. The van der Waals surface area contributed by atoms with Crippen LogP contribution in [-0.4, -0.2) is 9.97 Å². The Morgan fingerprint density at radius 1 is 0.509 bits per heavy atom. The van der Waals surface area contributed by atoms with Crippen LogP contribution in [0.4, 0.5) is 0 Å². The Labute approximate surface area is 340 Å². The Kier molecular flexibility index (Phi) is 15.8. The van der Waals surface area contributed by atoms with Gasteiger partial charge in [0.05, 0.1) is 11.4 Å². The topological polar surface area (TPSA) is 25.8 Å². The molecule has 3 aliphatic rings. The van der Waals surface area contributed by atoms with Crippen LogP contribution in [0.5, 0.6) is 0 Å². The molecule has 9 rings (SSSR count). The molecule has 3 saturated carbocycles. The summed E-state index contributed by atoms with van der Waals surface area (Å²) >= 11 is 3.52. The maximum Gasteiger partial charge on any atom is 2.00 e. The van der Waals surface area contributed by atoms with E-state index in [1.54, 1.807) is 0 Å². The van der Waals surface area contributed by atoms with Gasteiger partial charge in [-0.25, -0.2) is 0 Å². The second-order valence-corrected chi connectivity index (χ2v) is 16.0. The Balaban J connectivity index is 0.000000161. The Morgan fingerprint density at radius 3 is 1.38 bits per heavy atom. The zero-order valence-electron chi connectivity index (χ0n) is 32.4. The summed E-state index contributed by atoms with van der Waals surface area (Å²) in [6, 6.07) is 30.8. The van der Waals surface area contributed by atoms with Gasteiger partial charge in [-0.3, -0.25) is 9.97 Å². The smallest absolute Gasteiger partial charge is 0.328 e. The number of halogens is 1. The van der Waals surface area contributed by atoms with Crippen molar-refractivity contribution in [1.82, 2.24) is 9.97 Å². The van der Waals surface area contributed by atoms with Crippen molar-refractivity contribution in [1.29, 1.82) is 0 Å². The first kappa shape index (κ1) is 41.0. The van der Waals surface area contributed by atoms with Gasteiger partial charge in [0.1, 0.15) is 0 Å². The third kappa shape index (κ3) is 11.6. The maximum absolute atomic E-state index is 4.69. The molecule has 53 heavy (non-hydrogen) atoms. The van der Waals surface area contributed by atoms with E-state index in [-0.39, 0.29) is 19.5 Å². The molecule has 2 heterocycles. The van der Waals surface area contributed by atoms with Gasteiger partial charge < -0.3 is 12.8 Å². The van der Waals surface area contributed by atoms with E-state index in [0.29, 0.717) is 0 Å². The minimum atomic E-state index is 0. The number of pyridine rings is 2. The van der Waals surface area contributed by atoms with E-state index in [1.165, 1.54) is 138 Å². The van der Waals surface area contributed by atoms with Crippen LogP contribution in [-0.2, 0) is 19.5 Å². The number of hydrogen-bond donors (Lipinski definition) is 0. The van der Waals surface area contributed by atoms with Crippen molar-refractivity contribution in [2.45, 2.75) is 111 Å². The molecule has 3 fully saturated rings. The third-order valence-corrected chi connectivity index (χ3v) is 11.0. The quantitative estimate of drug-likeness (QED) is 0.131. The Morgan fingerprint density at radius 2 is 0.943 bits per heavy atom. The summed E-state index contributed by atoms with van der Waals surface area (Å²) in [4.78, 5) is 9.26. The summed E-state index contributed by atoms with van der Waals surface area (Å²) in [7, 11) is 0. The van der Waals surface area contributed by atoms with Crippen molar-refractivity contribution in [3.8, 4) is 22.5 Å². The van der Waals surface area contributed by atoms with Gasteiger partial charge in [0.15, 0.2) is 0 Å². The number of benzene rings is 4. The van der Waals surface area contributed by atoms with Crippen LogP contribution < -0.4 is 0 Å². The van der Waals surface area contributed by atoms with Gasteiger partial charge in [-0.1, -0.05) is 113 Å². The summed E-state index contributed by atoms with van der Waals surface area (Å²) in [5.74, 6) is 0.761. The number of hydrogen-bond acceptors (Lipinski definition) is 2. The number of aromatic nitrogens is 2. The largest absolute Gasteiger partial charge is 2.00 e. The zero-order chi connectivity index (χ0) is 36.3. The second kappa shape index (κ2) is 20.5. The molecular weight excluding hydrogens is 762 g/mol. The average molecular weight is 817 g/mol. The van der Waals surface area contributed by atoms with Crippen molar-refractivity contribution in [3.05, 3.63) is 142 Å². The molecular formula is C49H55BrN2Zn. The van der Waals surface area contributed by atoms with Crippen molar-refractivity contribution >= 4 is 37.5 Å². The molecule has 0 radical (unpaired) electrons. The van der Waals surface area contributed by atoms with Crippen LogP contribution in [0.2, 0.25) is 0 Å². The molecule has 0 aliphatic heterocycles. The fourth-order valence-corrected chi connectivity index (χ4v) is 8.36. The van der Waals surface area contributed by atoms with Gasteiger partial charge in [0, 0.05) is 38.8 Å². The molecule has 0 unspecified atom stereocenters. The molecule has 2 nitrogen and oxygen atoms in total. The normalized spacial score (nSPS) is 15.1. The van der Waals surface area contributed by atoms with Gasteiger partial charge in [0.25, 0.3) is 0 Å². The van der Waals surface area contributed by atoms with E-state index >= 15 is 0 Å².